The van der Waals surface area contributed by atoms with E-state index in [1.807, 2.05) is 28.0 Å². The van der Waals surface area contributed by atoms with Crippen LogP contribution < -0.4 is 10.6 Å². The number of halogens is 1. The first-order valence-electron chi connectivity index (χ1n) is 10.9. The summed E-state index contributed by atoms with van der Waals surface area (Å²) in [6.07, 6.45) is 0. The van der Waals surface area contributed by atoms with E-state index >= 15 is 0 Å². The van der Waals surface area contributed by atoms with Crippen LogP contribution in [0.4, 0.5) is 10.6 Å². The summed E-state index contributed by atoms with van der Waals surface area (Å²) >= 11 is 8.89. The Morgan fingerprint density at radius 2 is 2.09 bits per heavy atom. The lowest BCUT2D eigenvalue weighted by atomic mass is 10.1. The Morgan fingerprint density at radius 3 is 2.82 bits per heavy atom. The maximum atomic E-state index is 13.1. The molecule has 0 spiro atoms. The van der Waals surface area contributed by atoms with Gasteiger partial charge in [-0.1, -0.05) is 11.6 Å². The van der Waals surface area contributed by atoms with Crippen molar-refractivity contribution in [3.05, 3.63) is 49.7 Å². The molecule has 2 fully saturated rings. The van der Waals surface area contributed by atoms with Crippen molar-refractivity contribution in [1.82, 2.24) is 29.9 Å². The number of hydrogen-bond acceptors (Lipinski definition) is 9. The summed E-state index contributed by atoms with van der Waals surface area (Å²) in [6.45, 7) is 4.57. The molecule has 5 heterocycles. The molecule has 13 heteroatoms. The molecule has 1 unspecified atom stereocenters. The molecule has 2 N–H and O–H groups in total. The highest BCUT2D eigenvalue weighted by Gasteiger charge is 2.31. The van der Waals surface area contributed by atoms with E-state index in [0.29, 0.717) is 74.0 Å². The van der Waals surface area contributed by atoms with Crippen molar-refractivity contribution in [1.29, 1.82) is 0 Å². The zero-order valence-corrected chi connectivity index (χ0v) is 20.7. The monoisotopic (exact) mass is 521 g/mol. The fraction of sp³-hybridized carbons (Fsp3) is 0.429. The van der Waals surface area contributed by atoms with Crippen molar-refractivity contribution in [3.63, 3.8) is 0 Å². The predicted molar refractivity (Wildman–Crippen MR) is 131 cm³/mol. The summed E-state index contributed by atoms with van der Waals surface area (Å²) in [7, 11) is 0. The number of thiazole rings is 1. The highest BCUT2D eigenvalue weighted by Crippen LogP contribution is 2.25. The molecule has 180 valence electrons. The maximum absolute atomic E-state index is 13.1. The Balaban J connectivity index is 1.36. The normalized spacial score (nSPS) is 18.8. The van der Waals surface area contributed by atoms with Gasteiger partial charge in [-0.05, 0) is 12.1 Å². The molecule has 3 aromatic heterocycles. The minimum Gasteiger partial charge on any atom is -0.378 e. The van der Waals surface area contributed by atoms with Gasteiger partial charge in [0.1, 0.15) is 11.5 Å². The second-order valence-corrected chi connectivity index (χ2v) is 10.5. The van der Waals surface area contributed by atoms with E-state index in [4.69, 9.17) is 16.3 Å². The molecule has 0 aliphatic carbocycles. The molecule has 3 aromatic rings. The van der Waals surface area contributed by atoms with Crippen LogP contribution in [-0.2, 0) is 11.3 Å². The molecule has 0 bridgehead atoms. The van der Waals surface area contributed by atoms with Crippen LogP contribution in [0.5, 0.6) is 0 Å². The summed E-state index contributed by atoms with van der Waals surface area (Å²) in [6, 6.07) is 5.47. The van der Waals surface area contributed by atoms with Crippen LogP contribution in [0.1, 0.15) is 27.1 Å². The zero-order chi connectivity index (χ0) is 23.5. The molecule has 5 rings (SSSR count). The van der Waals surface area contributed by atoms with Gasteiger partial charge in [0.25, 0.3) is 5.91 Å². The maximum Gasteiger partial charge on any atom is 0.320 e. The molecular formula is C21H24ClN7O3S2. The summed E-state index contributed by atoms with van der Waals surface area (Å²) in [5.74, 6) is 0.257. The van der Waals surface area contributed by atoms with Gasteiger partial charge in [-0.2, -0.15) is 9.78 Å². The van der Waals surface area contributed by atoms with Crippen LogP contribution in [0.2, 0.25) is 4.34 Å². The number of carbonyl (C=O) groups excluding carboxylic acids is 2. The third-order valence-electron chi connectivity index (χ3n) is 5.73. The van der Waals surface area contributed by atoms with Gasteiger partial charge in [-0.15, -0.1) is 22.7 Å². The highest BCUT2D eigenvalue weighted by molar-refractivity contribution is 7.16. The van der Waals surface area contributed by atoms with E-state index in [2.05, 4.69) is 20.7 Å². The molecular weight excluding hydrogens is 498 g/mol. The number of anilines is 1. The number of morpholine rings is 1. The number of urea groups is 1. The minimum absolute atomic E-state index is 0.0145. The largest absolute Gasteiger partial charge is 0.378 e. The third kappa shape index (κ3) is 5.10. The van der Waals surface area contributed by atoms with E-state index in [1.165, 1.54) is 27.4 Å². The lowest BCUT2D eigenvalue weighted by molar-refractivity contribution is 0.0406. The number of hydrogen-bond donors (Lipinski definition) is 2. The average molecular weight is 522 g/mol. The van der Waals surface area contributed by atoms with E-state index in [-0.39, 0.29) is 18.0 Å². The number of rotatable bonds is 5. The number of amides is 2. The van der Waals surface area contributed by atoms with Gasteiger partial charge in [0.2, 0.25) is 0 Å². The third-order valence-corrected chi connectivity index (χ3v) is 7.55. The zero-order valence-electron chi connectivity index (χ0n) is 18.3. The summed E-state index contributed by atoms with van der Waals surface area (Å²) in [5.41, 5.74) is 2.65. The van der Waals surface area contributed by atoms with Crippen molar-refractivity contribution in [2.75, 3.05) is 51.3 Å². The fourth-order valence-electron chi connectivity index (χ4n) is 3.98. The number of thiophene rings is 1. The lowest BCUT2D eigenvalue weighted by Gasteiger charge is -2.37. The molecule has 2 saturated heterocycles. The van der Waals surface area contributed by atoms with Gasteiger partial charge in [0, 0.05) is 49.0 Å². The Hall–Kier alpha value is -2.51. The summed E-state index contributed by atoms with van der Waals surface area (Å²) in [4.78, 5) is 34.9. The number of ether oxygens (including phenoxy) is 1. The number of aromatic nitrogens is 3. The fourth-order valence-corrected chi connectivity index (χ4v) is 5.53. The quantitative estimate of drug-likeness (QED) is 0.532. The molecule has 2 aliphatic rings. The van der Waals surface area contributed by atoms with Crippen LogP contribution in [-0.4, -0.2) is 82.4 Å². The molecule has 2 amide bonds. The van der Waals surface area contributed by atoms with Gasteiger partial charge in [-0.3, -0.25) is 4.79 Å². The van der Waals surface area contributed by atoms with Crippen molar-refractivity contribution in [2.45, 2.75) is 12.6 Å². The molecule has 10 nitrogen and oxygen atoms in total. The molecule has 0 saturated carbocycles. The molecule has 2 aliphatic heterocycles. The van der Waals surface area contributed by atoms with Gasteiger partial charge >= 0.3 is 6.03 Å². The number of piperazine rings is 1. The first-order chi connectivity index (χ1) is 16.6. The topological polar surface area (TPSA) is 105 Å². The minimum atomic E-state index is -0.309. The van der Waals surface area contributed by atoms with Crippen molar-refractivity contribution < 1.29 is 14.3 Å². The number of nitrogens with zero attached hydrogens (tertiary/aromatic N) is 5. The van der Waals surface area contributed by atoms with Crippen LogP contribution in [0.25, 0.3) is 0 Å². The van der Waals surface area contributed by atoms with Crippen molar-refractivity contribution >= 4 is 52.0 Å². The van der Waals surface area contributed by atoms with Crippen LogP contribution in [0.3, 0.4) is 0 Å². The Bertz CT molecular complexity index is 1140. The summed E-state index contributed by atoms with van der Waals surface area (Å²) in [5, 5.41) is 13.1. The van der Waals surface area contributed by atoms with E-state index in [1.54, 1.807) is 10.9 Å². The second-order valence-electron chi connectivity index (χ2n) is 7.94. The van der Waals surface area contributed by atoms with Crippen molar-refractivity contribution in [3.8, 4) is 0 Å². The van der Waals surface area contributed by atoms with Crippen LogP contribution >= 0.6 is 34.3 Å². The van der Waals surface area contributed by atoms with Gasteiger partial charge < -0.3 is 25.2 Å². The van der Waals surface area contributed by atoms with Crippen LogP contribution in [0, 0.1) is 0 Å². The van der Waals surface area contributed by atoms with Gasteiger partial charge in [0.15, 0.2) is 0 Å². The molecule has 0 aromatic carbocycles. The molecule has 34 heavy (non-hydrogen) atoms. The Morgan fingerprint density at radius 1 is 1.24 bits per heavy atom. The second kappa shape index (κ2) is 10.4. The average Bonchev–Trinajstić information content (AvgIpc) is 3.64. The Kier molecular flexibility index (Phi) is 7.11. The van der Waals surface area contributed by atoms with Crippen LogP contribution in [0.15, 0.2) is 29.1 Å². The summed E-state index contributed by atoms with van der Waals surface area (Å²) < 4.78 is 7.43. The molecule has 0 radical (unpaired) electrons. The predicted octanol–water partition coefficient (Wildman–Crippen LogP) is 2.75. The standard InChI is InChI=1S/C21H24ClN7O3S2/c22-18-2-1-14(34-18)10-24-19-9-15(26-29(19)20(30)17-12-33-13-25-17)16-11-28(4-3-23-16)21(31)27-5-7-32-8-6-27/h1-2,9,12-13,16,23-24H,3-8,10-11H2. The lowest BCUT2D eigenvalue weighted by Crippen LogP contribution is -2.54. The first kappa shape index (κ1) is 23.2. The SMILES string of the molecule is O=C(N1CCOCC1)N1CCNC(c2cc(NCc3ccc(Cl)s3)n(C(=O)c3cscn3)n2)C1. The van der Waals surface area contributed by atoms with E-state index < -0.39 is 0 Å². The van der Waals surface area contributed by atoms with Gasteiger partial charge in [0.05, 0.1) is 41.3 Å². The number of carbonyl (C=O) groups is 2. The van der Waals surface area contributed by atoms with Crippen molar-refractivity contribution in [2.24, 2.45) is 0 Å². The van der Waals surface area contributed by atoms with Gasteiger partial charge in [-0.25, -0.2) is 9.78 Å². The smallest absolute Gasteiger partial charge is 0.320 e. The van der Waals surface area contributed by atoms with E-state index in [9.17, 15) is 9.59 Å². The highest BCUT2D eigenvalue weighted by atomic mass is 35.5. The Labute approximate surface area is 209 Å². The van der Waals surface area contributed by atoms with E-state index in [0.717, 1.165) is 4.88 Å². The number of nitrogens with one attached hydrogen (secondary N) is 2. The first-order valence-corrected chi connectivity index (χ1v) is 13.1. The molecule has 1 atom stereocenters.